The number of rotatable bonds is 7. The van der Waals surface area contributed by atoms with E-state index in [9.17, 15) is 9.59 Å². The fraction of sp³-hybridized carbons (Fsp3) is 0.321. The highest BCUT2D eigenvalue weighted by Gasteiger charge is 2.45. The highest BCUT2D eigenvalue weighted by atomic mass is 16.2. The molecule has 5 heteroatoms. The van der Waals surface area contributed by atoms with E-state index >= 15 is 0 Å². The Morgan fingerprint density at radius 1 is 1.03 bits per heavy atom. The van der Waals surface area contributed by atoms with E-state index in [2.05, 4.69) is 28.5 Å². The van der Waals surface area contributed by atoms with Crippen molar-refractivity contribution >= 4 is 11.8 Å². The molecule has 4 rings (SSSR count). The third kappa shape index (κ3) is 5.30. The maximum absolute atomic E-state index is 13.2. The Labute approximate surface area is 195 Å². The number of likely N-dealkylation sites (tertiary alicyclic amines) is 1. The van der Waals surface area contributed by atoms with Gasteiger partial charge in [-0.25, -0.2) is 0 Å². The van der Waals surface area contributed by atoms with E-state index in [1.807, 2.05) is 67.4 Å². The van der Waals surface area contributed by atoms with Gasteiger partial charge in [0.25, 0.3) is 0 Å². The molecule has 5 nitrogen and oxygen atoms in total. The minimum Gasteiger partial charge on any atom is -0.356 e. The van der Waals surface area contributed by atoms with Crippen molar-refractivity contribution in [2.45, 2.75) is 33.1 Å². The van der Waals surface area contributed by atoms with Gasteiger partial charge in [0.2, 0.25) is 11.8 Å². The molecule has 3 aromatic rings. The molecule has 1 N–H and O–H groups in total. The van der Waals surface area contributed by atoms with Gasteiger partial charge in [-0.3, -0.25) is 14.6 Å². The number of hydrogen-bond donors (Lipinski definition) is 1. The van der Waals surface area contributed by atoms with Crippen LogP contribution in [0.4, 0.5) is 0 Å². The maximum Gasteiger partial charge on any atom is 0.228 e. The lowest BCUT2D eigenvalue weighted by molar-refractivity contribution is -0.132. The molecular formula is C28H31N3O2. The minimum atomic E-state index is -0.619. The van der Waals surface area contributed by atoms with E-state index in [0.717, 1.165) is 22.3 Å². The van der Waals surface area contributed by atoms with Gasteiger partial charge in [0, 0.05) is 32.0 Å². The molecule has 1 saturated heterocycles. The van der Waals surface area contributed by atoms with Crippen LogP contribution >= 0.6 is 0 Å². The number of aromatic nitrogens is 1. The van der Waals surface area contributed by atoms with Crippen LogP contribution in [0.3, 0.4) is 0 Å². The maximum atomic E-state index is 13.2. The predicted octanol–water partition coefficient (Wildman–Crippen LogP) is 4.20. The van der Waals surface area contributed by atoms with Crippen molar-refractivity contribution in [1.29, 1.82) is 0 Å². The number of amides is 2. The molecule has 1 aliphatic rings. The second kappa shape index (κ2) is 9.99. The number of aryl methyl sites for hydroxylation is 1. The summed E-state index contributed by atoms with van der Waals surface area (Å²) in [6.45, 7) is 5.60. The first-order valence-electron chi connectivity index (χ1n) is 11.6. The Hall–Kier alpha value is -3.47. The summed E-state index contributed by atoms with van der Waals surface area (Å²) in [6.07, 6.45) is 5.23. The van der Waals surface area contributed by atoms with Gasteiger partial charge in [0.15, 0.2) is 0 Å². The van der Waals surface area contributed by atoms with Gasteiger partial charge in [-0.15, -0.1) is 0 Å². The highest BCUT2D eigenvalue weighted by molar-refractivity contribution is 5.86. The Morgan fingerprint density at radius 2 is 1.82 bits per heavy atom. The molecule has 1 unspecified atom stereocenters. The van der Waals surface area contributed by atoms with Crippen LogP contribution in [-0.2, 0) is 22.4 Å². The molecule has 170 valence electrons. The summed E-state index contributed by atoms with van der Waals surface area (Å²) in [5.41, 5.74) is 4.79. The van der Waals surface area contributed by atoms with Crippen LogP contribution in [0.25, 0.3) is 11.1 Å². The summed E-state index contributed by atoms with van der Waals surface area (Å²) in [4.78, 5) is 32.4. The second-order valence-corrected chi connectivity index (χ2v) is 8.99. The van der Waals surface area contributed by atoms with Crippen molar-refractivity contribution < 1.29 is 9.59 Å². The van der Waals surface area contributed by atoms with Crippen LogP contribution in [0, 0.1) is 12.3 Å². The van der Waals surface area contributed by atoms with E-state index in [-0.39, 0.29) is 11.8 Å². The number of nitrogens with zero attached hydrogens (tertiary/aromatic N) is 2. The summed E-state index contributed by atoms with van der Waals surface area (Å²) in [7, 11) is 0. The minimum absolute atomic E-state index is 0.0300. The average molecular weight is 442 g/mol. The molecule has 0 radical (unpaired) electrons. The number of carbonyl (C=O) groups is 2. The molecule has 0 spiro atoms. The lowest BCUT2D eigenvalue weighted by atomic mass is 9.79. The zero-order valence-corrected chi connectivity index (χ0v) is 19.4. The summed E-state index contributed by atoms with van der Waals surface area (Å²) in [5, 5.41) is 3.02. The molecule has 0 saturated carbocycles. The lowest BCUT2D eigenvalue weighted by Gasteiger charge is -2.28. The van der Waals surface area contributed by atoms with Gasteiger partial charge in [0.05, 0.1) is 11.8 Å². The van der Waals surface area contributed by atoms with Crippen LogP contribution < -0.4 is 5.32 Å². The summed E-state index contributed by atoms with van der Waals surface area (Å²) >= 11 is 0. The second-order valence-electron chi connectivity index (χ2n) is 8.99. The Morgan fingerprint density at radius 3 is 2.55 bits per heavy atom. The zero-order valence-electron chi connectivity index (χ0n) is 19.4. The predicted molar refractivity (Wildman–Crippen MR) is 131 cm³/mol. The first-order chi connectivity index (χ1) is 16.0. The van der Waals surface area contributed by atoms with Crippen molar-refractivity contribution in [3.05, 3.63) is 89.7 Å². The van der Waals surface area contributed by atoms with Gasteiger partial charge < -0.3 is 10.2 Å². The third-order valence-electron chi connectivity index (χ3n) is 6.47. The summed E-state index contributed by atoms with van der Waals surface area (Å²) in [6, 6.07) is 20.3. The van der Waals surface area contributed by atoms with Gasteiger partial charge in [0.1, 0.15) is 0 Å². The normalized spacial score (nSPS) is 17.7. The largest absolute Gasteiger partial charge is 0.356 e. The molecule has 1 aliphatic heterocycles. The third-order valence-corrected chi connectivity index (χ3v) is 6.47. The van der Waals surface area contributed by atoms with Crippen molar-refractivity contribution in [3.8, 4) is 11.1 Å². The van der Waals surface area contributed by atoms with Crippen LogP contribution in [0.1, 0.15) is 30.0 Å². The van der Waals surface area contributed by atoms with E-state index in [4.69, 9.17) is 0 Å². The fourth-order valence-electron chi connectivity index (χ4n) is 4.62. The van der Waals surface area contributed by atoms with Crippen LogP contribution in [-0.4, -0.2) is 41.3 Å². The zero-order chi connectivity index (χ0) is 23.3. The molecule has 2 heterocycles. The van der Waals surface area contributed by atoms with Gasteiger partial charge >= 0.3 is 0 Å². The molecule has 2 amide bonds. The van der Waals surface area contributed by atoms with Crippen molar-refractivity contribution in [1.82, 2.24) is 15.2 Å². The monoisotopic (exact) mass is 441 g/mol. The van der Waals surface area contributed by atoms with E-state index in [1.54, 1.807) is 6.20 Å². The number of nitrogens with one attached hydrogen (secondary N) is 1. The van der Waals surface area contributed by atoms with Crippen LogP contribution in [0.2, 0.25) is 0 Å². The molecule has 1 fully saturated rings. The Bertz CT molecular complexity index is 1110. The Balaban J connectivity index is 1.53. The molecule has 1 aromatic heterocycles. The summed E-state index contributed by atoms with van der Waals surface area (Å²) < 4.78 is 0. The molecule has 0 aliphatic carbocycles. The van der Waals surface area contributed by atoms with Crippen molar-refractivity contribution in [3.63, 3.8) is 0 Å². The number of hydrogen-bond acceptors (Lipinski definition) is 3. The number of carbonyl (C=O) groups excluding carboxylic acids is 2. The van der Waals surface area contributed by atoms with E-state index < -0.39 is 5.41 Å². The van der Waals surface area contributed by atoms with Gasteiger partial charge in [-0.2, -0.15) is 0 Å². The highest BCUT2D eigenvalue weighted by Crippen LogP contribution is 2.36. The van der Waals surface area contributed by atoms with Crippen molar-refractivity contribution in [2.75, 3.05) is 19.6 Å². The fourth-order valence-corrected chi connectivity index (χ4v) is 4.62. The molecule has 2 aromatic carbocycles. The number of benzene rings is 2. The Kier molecular flexibility index (Phi) is 6.87. The molecule has 1 atom stereocenters. The number of pyridine rings is 1. The molecule has 0 bridgehead atoms. The molecule has 33 heavy (non-hydrogen) atoms. The van der Waals surface area contributed by atoms with Gasteiger partial charge in [-0.05, 0) is 55.0 Å². The van der Waals surface area contributed by atoms with E-state index in [0.29, 0.717) is 38.9 Å². The van der Waals surface area contributed by atoms with Gasteiger partial charge in [-0.1, -0.05) is 60.2 Å². The van der Waals surface area contributed by atoms with Crippen LogP contribution in [0.15, 0.2) is 73.1 Å². The lowest BCUT2D eigenvalue weighted by Crippen LogP contribution is -2.45. The average Bonchev–Trinajstić information content (AvgIpc) is 3.27. The van der Waals surface area contributed by atoms with Crippen LogP contribution in [0.5, 0.6) is 0 Å². The standard InChI is InChI=1S/C28H31N3O2/c1-3-30-27(33)28(18-23-6-4-7-24(16-23)25-8-5-14-29-19-25)13-15-31(20-28)26(32)17-22-11-9-21(2)10-12-22/h4-12,14,16,19H,3,13,15,17-18,20H2,1-2H3,(H,30,33). The topological polar surface area (TPSA) is 62.3 Å². The smallest absolute Gasteiger partial charge is 0.228 e. The quantitative estimate of drug-likeness (QED) is 0.598. The van der Waals surface area contributed by atoms with Crippen molar-refractivity contribution in [2.24, 2.45) is 5.41 Å². The first-order valence-corrected chi connectivity index (χ1v) is 11.6. The summed E-state index contributed by atoms with van der Waals surface area (Å²) in [5.74, 6) is 0.108. The first kappa shape index (κ1) is 22.7. The molecular weight excluding hydrogens is 410 g/mol. The SMILES string of the molecule is CCNC(=O)C1(Cc2cccc(-c3cccnc3)c2)CCN(C(=O)Cc2ccc(C)cc2)C1. The van der Waals surface area contributed by atoms with E-state index in [1.165, 1.54) is 5.56 Å².